The minimum atomic E-state index is -2.95. The number of rotatable bonds is 9. The summed E-state index contributed by atoms with van der Waals surface area (Å²) in [7, 11) is 1.57. The number of aliphatic imine (C=N–C) groups is 1. The fourth-order valence-electron chi connectivity index (χ4n) is 1.87. The van der Waals surface area contributed by atoms with E-state index in [1.54, 1.807) is 32.2 Å². The standard InChI is InChI=1S/C15H22F3N3O2/c1-3-22-12-7-4-6-11(13(12)23-14(17)18)10-21-15(19-2)20-9-5-8-16/h4,6-7,14H,3,5,8-10H2,1-2H3,(H2,19,20,21). The van der Waals surface area contributed by atoms with Crippen LogP contribution in [-0.4, -0.2) is 39.4 Å². The van der Waals surface area contributed by atoms with Crippen LogP contribution in [0.15, 0.2) is 23.2 Å². The molecule has 0 radical (unpaired) electrons. The quantitative estimate of drug-likeness (QED) is 0.414. The van der Waals surface area contributed by atoms with Gasteiger partial charge in [-0.05, 0) is 19.4 Å². The maximum atomic E-state index is 12.6. The number of halogens is 3. The molecule has 2 N–H and O–H groups in total. The van der Waals surface area contributed by atoms with Crippen molar-refractivity contribution < 1.29 is 22.6 Å². The van der Waals surface area contributed by atoms with Crippen LogP contribution in [0.5, 0.6) is 11.5 Å². The number of nitrogens with zero attached hydrogens (tertiary/aromatic N) is 1. The lowest BCUT2D eigenvalue weighted by molar-refractivity contribution is -0.0520. The Balaban J connectivity index is 2.79. The van der Waals surface area contributed by atoms with Gasteiger partial charge in [0.2, 0.25) is 0 Å². The molecule has 1 aromatic rings. The number of hydrogen-bond acceptors (Lipinski definition) is 3. The van der Waals surface area contributed by atoms with Crippen molar-refractivity contribution in [3.05, 3.63) is 23.8 Å². The Labute approximate surface area is 133 Å². The zero-order valence-corrected chi connectivity index (χ0v) is 13.2. The minimum Gasteiger partial charge on any atom is -0.490 e. The van der Waals surface area contributed by atoms with Crippen LogP contribution >= 0.6 is 0 Å². The Hall–Kier alpha value is -2.12. The van der Waals surface area contributed by atoms with E-state index in [0.717, 1.165) is 0 Å². The van der Waals surface area contributed by atoms with E-state index in [0.29, 0.717) is 31.1 Å². The van der Waals surface area contributed by atoms with Crippen molar-refractivity contribution in [1.29, 1.82) is 0 Å². The fraction of sp³-hybridized carbons (Fsp3) is 0.533. The second-order valence-electron chi connectivity index (χ2n) is 4.45. The zero-order valence-electron chi connectivity index (χ0n) is 13.2. The maximum absolute atomic E-state index is 12.6. The van der Waals surface area contributed by atoms with Gasteiger partial charge in [-0.15, -0.1) is 0 Å². The predicted octanol–water partition coefficient (Wildman–Crippen LogP) is 2.71. The molecule has 0 aliphatic heterocycles. The molecule has 0 saturated carbocycles. The summed E-state index contributed by atoms with van der Waals surface area (Å²) in [6.45, 7) is -0.644. The molecule has 8 heteroatoms. The molecule has 0 aliphatic rings. The molecule has 0 spiro atoms. The molecular weight excluding hydrogens is 311 g/mol. The van der Waals surface area contributed by atoms with E-state index in [1.807, 2.05) is 0 Å². The van der Waals surface area contributed by atoms with Crippen LogP contribution in [0.3, 0.4) is 0 Å². The van der Waals surface area contributed by atoms with Crippen LogP contribution < -0.4 is 20.1 Å². The summed E-state index contributed by atoms with van der Waals surface area (Å²) in [5.41, 5.74) is 0.504. The molecular formula is C15H22F3N3O2. The van der Waals surface area contributed by atoms with Crippen molar-refractivity contribution in [3.8, 4) is 11.5 Å². The first kappa shape index (κ1) is 18.9. The molecule has 1 aromatic carbocycles. The minimum absolute atomic E-state index is 0.00365. The van der Waals surface area contributed by atoms with Crippen LogP contribution in [0.25, 0.3) is 0 Å². The lowest BCUT2D eigenvalue weighted by Crippen LogP contribution is -2.37. The molecule has 23 heavy (non-hydrogen) atoms. The van der Waals surface area contributed by atoms with Gasteiger partial charge >= 0.3 is 6.61 Å². The van der Waals surface area contributed by atoms with Crippen LogP contribution in [0, 0.1) is 0 Å². The Bertz CT molecular complexity index is 499. The highest BCUT2D eigenvalue weighted by atomic mass is 19.3. The van der Waals surface area contributed by atoms with Gasteiger partial charge in [-0.2, -0.15) is 8.78 Å². The molecule has 0 fully saturated rings. The van der Waals surface area contributed by atoms with Crippen LogP contribution in [0.4, 0.5) is 13.2 Å². The molecule has 130 valence electrons. The van der Waals surface area contributed by atoms with Gasteiger partial charge in [-0.1, -0.05) is 12.1 Å². The van der Waals surface area contributed by atoms with Crippen molar-refractivity contribution in [2.24, 2.45) is 4.99 Å². The number of guanidine groups is 1. The summed E-state index contributed by atoms with van der Waals surface area (Å²) in [6.07, 6.45) is 0.361. The van der Waals surface area contributed by atoms with E-state index in [-0.39, 0.29) is 18.0 Å². The Morgan fingerprint density at radius 1 is 1.30 bits per heavy atom. The average molecular weight is 333 g/mol. The molecule has 1 rings (SSSR count). The van der Waals surface area contributed by atoms with E-state index < -0.39 is 13.3 Å². The van der Waals surface area contributed by atoms with E-state index >= 15 is 0 Å². The molecule has 0 aromatic heterocycles. The van der Waals surface area contributed by atoms with Crippen molar-refractivity contribution in [2.45, 2.75) is 26.5 Å². The molecule has 5 nitrogen and oxygen atoms in total. The van der Waals surface area contributed by atoms with Gasteiger partial charge in [-0.3, -0.25) is 9.38 Å². The van der Waals surface area contributed by atoms with Gasteiger partial charge in [0.05, 0.1) is 13.3 Å². The third kappa shape index (κ3) is 6.66. The fourth-order valence-corrected chi connectivity index (χ4v) is 1.87. The number of para-hydroxylation sites is 1. The second-order valence-corrected chi connectivity index (χ2v) is 4.45. The van der Waals surface area contributed by atoms with Gasteiger partial charge in [0.25, 0.3) is 0 Å². The summed E-state index contributed by atoms with van der Waals surface area (Å²) >= 11 is 0. The third-order valence-corrected chi connectivity index (χ3v) is 2.84. The summed E-state index contributed by atoms with van der Waals surface area (Å²) in [4.78, 5) is 3.98. The Morgan fingerprint density at radius 3 is 2.70 bits per heavy atom. The molecule has 0 bridgehead atoms. The number of hydrogen-bond donors (Lipinski definition) is 2. The summed E-state index contributed by atoms with van der Waals surface area (Å²) < 4.78 is 47.2. The molecule has 0 aliphatic carbocycles. The van der Waals surface area contributed by atoms with Crippen molar-refractivity contribution in [3.63, 3.8) is 0 Å². The Kier molecular flexibility index (Phi) is 8.71. The summed E-state index contributed by atoms with van der Waals surface area (Å²) in [6, 6.07) is 4.92. The van der Waals surface area contributed by atoms with E-state index in [9.17, 15) is 13.2 Å². The first-order valence-electron chi connectivity index (χ1n) is 7.32. The predicted molar refractivity (Wildman–Crippen MR) is 83.0 cm³/mol. The highest BCUT2D eigenvalue weighted by Gasteiger charge is 2.15. The summed E-state index contributed by atoms with van der Waals surface area (Å²) in [5, 5.41) is 5.88. The number of ether oxygens (including phenoxy) is 2. The highest BCUT2D eigenvalue weighted by molar-refractivity contribution is 5.79. The van der Waals surface area contributed by atoms with Gasteiger partial charge in [0.15, 0.2) is 17.5 Å². The zero-order chi connectivity index (χ0) is 17.1. The van der Waals surface area contributed by atoms with Crippen molar-refractivity contribution in [1.82, 2.24) is 10.6 Å². The first-order valence-corrected chi connectivity index (χ1v) is 7.32. The molecule has 0 saturated heterocycles. The third-order valence-electron chi connectivity index (χ3n) is 2.84. The van der Waals surface area contributed by atoms with Crippen molar-refractivity contribution >= 4 is 5.96 Å². The van der Waals surface area contributed by atoms with Crippen LogP contribution in [0.1, 0.15) is 18.9 Å². The molecule has 0 atom stereocenters. The smallest absolute Gasteiger partial charge is 0.387 e. The number of nitrogens with one attached hydrogen (secondary N) is 2. The van der Waals surface area contributed by atoms with Crippen LogP contribution in [-0.2, 0) is 6.54 Å². The van der Waals surface area contributed by atoms with Gasteiger partial charge in [-0.25, -0.2) is 0 Å². The number of benzene rings is 1. The first-order chi connectivity index (χ1) is 11.1. The lowest BCUT2D eigenvalue weighted by atomic mass is 10.2. The largest absolute Gasteiger partial charge is 0.490 e. The van der Waals surface area contributed by atoms with Crippen LogP contribution in [0.2, 0.25) is 0 Å². The van der Waals surface area contributed by atoms with Crippen molar-refractivity contribution in [2.75, 3.05) is 26.9 Å². The Morgan fingerprint density at radius 2 is 2.09 bits per heavy atom. The molecule has 0 unspecified atom stereocenters. The monoisotopic (exact) mass is 333 g/mol. The number of alkyl halides is 3. The van der Waals surface area contributed by atoms with Gasteiger partial charge in [0.1, 0.15) is 0 Å². The molecule has 0 heterocycles. The highest BCUT2D eigenvalue weighted by Crippen LogP contribution is 2.32. The van der Waals surface area contributed by atoms with E-state index in [4.69, 9.17) is 4.74 Å². The lowest BCUT2D eigenvalue weighted by Gasteiger charge is -2.17. The second kappa shape index (κ2) is 10.6. The SMILES string of the molecule is CCOc1cccc(CNC(=NC)NCCCF)c1OC(F)F. The van der Waals surface area contributed by atoms with E-state index in [1.165, 1.54) is 0 Å². The summed E-state index contributed by atoms with van der Waals surface area (Å²) in [5.74, 6) is 0.701. The van der Waals surface area contributed by atoms with Gasteiger partial charge in [0, 0.05) is 25.7 Å². The molecule has 0 amide bonds. The van der Waals surface area contributed by atoms with Gasteiger partial charge < -0.3 is 20.1 Å². The average Bonchev–Trinajstić information content (AvgIpc) is 2.53. The normalized spacial score (nSPS) is 11.5. The topological polar surface area (TPSA) is 54.9 Å². The maximum Gasteiger partial charge on any atom is 0.387 e. The van der Waals surface area contributed by atoms with E-state index in [2.05, 4.69) is 20.4 Å².